The molecule has 1 aromatic rings. The molecule has 0 spiro atoms. The molecule has 1 amide bonds. The summed E-state index contributed by atoms with van der Waals surface area (Å²) in [6.07, 6.45) is 6.89. The van der Waals surface area contributed by atoms with Crippen molar-refractivity contribution < 1.29 is 14.3 Å². The second-order valence-electron chi connectivity index (χ2n) is 7.09. The molecule has 3 heterocycles. The van der Waals surface area contributed by atoms with Crippen molar-refractivity contribution in [3.05, 3.63) is 11.9 Å². The SMILES string of the molecule is CCOC(=O)C1CCN(C(=O)c2cn(CCN3CCCCC3)nn2)CC1. The highest BCUT2D eigenvalue weighted by atomic mass is 16.5. The molecule has 2 fully saturated rings. The van der Waals surface area contributed by atoms with Crippen molar-refractivity contribution in [2.45, 2.75) is 45.6 Å². The first-order valence-corrected chi connectivity index (χ1v) is 9.75. The van der Waals surface area contributed by atoms with Gasteiger partial charge in [0.2, 0.25) is 0 Å². The summed E-state index contributed by atoms with van der Waals surface area (Å²) in [6.45, 7) is 7.33. The molecule has 0 bridgehead atoms. The summed E-state index contributed by atoms with van der Waals surface area (Å²) in [6, 6.07) is 0. The summed E-state index contributed by atoms with van der Waals surface area (Å²) in [5.41, 5.74) is 0.387. The minimum Gasteiger partial charge on any atom is -0.466 e. The van der Waals surface area contributed by atoms with Gasteiger partial charge in [0.1, 0.15) is 0 Å². The lowest BCUT2D eigenvalue weighted by Gasteiger charge is -2.30. The fourth-order valence-corrected chi connectivity index (χ4v) is 3.67. The van der Waals surface area contributed by atoms with E-state index in [9.17, 15) is 9.59 Å². The number of hydrogen-bond donors (Lipinski definition) is 0. The predicted molar refractivity (Wildman–Crippen MR) is 95.6 cm³/mol. The van der Waals surface area contributed by atoms with E-state index in [1.54, 1.807) is 15.8 Å². The lowest BCUT2D eigenvalue weighted by atomic mass is 9.97. The maximum absolute atomic E-state index is 12.6. The van der Waals surface area contributed by atoms with E-state index in [2.05, 4.69) is 15.2 Å². The molecule has 8 nitrogen and oxygen atoms in total. The molecule has 0 aliphatic carbocycles. The Kier molecular flexibility index (Phi) is 6.60. The second kappa shape index (κ2) is 9.12. The van der Waals surface area contributed by atoms with Crippen LogP contribution in [0.4, 0.5) is 0 Å². The van der Waals surface area contributed by atoms with Crippen LogP contribution in [0.25, 0.3) is 0 Å². The van der Waals surface area contributed by atoms with Crippen molar-refractivity contribution in [3.8, 4) is 0 Å². The number of nitrogens with zero attached hydrogens (tertiary/aromatic N) is 5. The van der Waals surface area contributed by atoms with E-state index in [0.717, 1.165) is 26.2 Å². The normalized spacial score (nSPS) is 19.5. The molecule has 0 radical (unpaired) electrons. The van der Waals surface area contributed by atoms with Crippen molar-refractivity contribution in [2.24, 2.45) is 5.92 Å². The molecule has 0 unspecified atom stereocenters. The number of esters is 1. The maximum Gasteiger partial charge on any atom is 0.309 e. The van der Waals surface area contributed by atoms with Gasteiger partial charge in [-0.3, -0.25) is 14.3 Å². The largest absolute Gasteiger partial charge is 0.466 e. The van der Waals surface area contributed by atoms with Crippen LogP contribution in [0, 0.1) is 5.92 Å². The molecule has 0 aromatic carbocycles. The van der Waals surface area contributed by atoms with Crippen molar-refractivity contribution >= 4 is 11.9 Å². The Hall–Kier alpha value is -1.96. The minimum absolute atomic E-state index is 0.0979. The number of aromatic nitrogens is 3. The highest BCUT2D eigenvalue weighted by Gasteiger charge is 2.29. The molecule has 8 heteroatoms. The van der Waals surface area contributed by atoms with E-state index in [1.165, 1.54) is 19.3 Å². The smallest absolute Gasteiger partial charge is 0.309 e. The van der Waals surface area contributed by atoms with Gasteiger partial charge in [0.15, 0.2) is 5.69 Å². The van der Waals surface area contributed by atoms with Gasteiger partial charge in [-0.05, 0) is 45.7 Å². The van der Waals surface area contributed by atoms with Crippen molar-refractivity contribution in [1.29, 1.82) is 0 Å². The molecular weight excluding hydrogens is 334 g/mol. The van der Waals surface area contributed by atoms with Crippen LogP contribution in [0.5, 0.6) is 0 Å². The molecule has 2 aliphatic heterocycles. The van der Waals surface area contributed by atoms with Crippen LogP contribution in [0.3, 0.4) is 0 Å². The van der Waals surface area contributed by atoms with Crippen LogP contribution < -0.4 is 0 Å². The molecule has 3 rings (SSSR count). The Balaban J connectivity index is 1.46. The topological polar surface area (TPSA) is 80.6 Å². The maximum atomic E-state index is 12.6. The number of rotatable bonds is 6. The van der Waals surface area contributed by atoms with Gasteiger partial charge >= 0.3 is 5.97 Å². The van der Waals surface area contributed by atoms with Gasteiger partial charge in [-0.25, -0.2) is 0 Å². The van der Waals surface area contributed by atoms with Gasteiger partial charge in [0.25, 0.3) is 5.91 Å². The average molecular weight is 363 g/mol. The number of carbonyl (C=O) groups is 2. The number of likely N-dealkylation sites (tertiary alicyclic amines) is 2. The Labute approximate surface area is 154 Å². The van der Waals surface area contributed by atoms with Gasteiger partial charge in [0, 0.05) is 19.6 Å². The number of amides is 1. The number of ether oxygens (including phenoxy) is 1. The van der Waals surface area contributed by atoms with Crippen molar-refractivity contribution in [2.75, 3.05) is 39.3 Å². The molecule has 2 saturated heterocycles. The van der Waals surface area contributed by atoms with Crippen LogP contribution in [-0.2, 0) is 16.1 Å². The third kappa shape index (κ3) is 4.81. The summed E-state index contributed by atoms with van der Waals surface area (Å²) in [7, 11) is 0. The number of piperidine rings is 2. The van der Waals surface area contributed by atoms with Crippen LogP contribution in [0.15, 0.2) is 6.20 Å². The second-order valence-corrected chi connectivity index (χ2v) is 7.09. The average Bonchev–Trinajstić information content (AvgIpc) is 3.16. The summed E-state index contributed by atoms with van der Waals surface area (Å²) in [5.74, 6) is -0.348. The summed E-state index contributed by atoms with van der Waals surface area (Å²) < 4.78 is 6.83. The Morgan fingerprint density at radius 1 is 1.12 bits per heavy atom. The minimum atomic E-state index is -0.150. The predicted octanol–water partition coefficient (Wildman–Crippen LogP) is 1.18. The highest BCUT2D eigenvalue weighted by Crippen LogP contribution is 2.20. The standard InChI is InChI=1S/C18H29N5O3/c1-2-26-18(25)15-6-10-22(11-7-15)17(24)16-14-23(20-19-16)13-12-21-8-4-3-5-9-21/h14-15H,2-13H2,1H3. The quantitative estimate of drug-likeness (QED) is 0.706. The van der Waals surface area contributed by atoms with Crippen LogP contribution in [0.1, 0.15) is 49.5 Å². The number of hydrogen-bond acceptors (Lipinski definition) is 6. The van der Waals surface area contributed by atoms with Gasteiger partial charge in [0.05, 0.1) is 25.3 Å². The van der Waals surface area contributed by atoms with Crippen molar-refractivity contribution in [3.63, 3.8) is 0 Å². The van der Waals surface area contributed by atoms with Gasteiger partial charge in [-0.1, -0.05) is 11.6 Å². The zero-order valence-corrected chi connectivity index (χ0v) is 15.6. The molecule has 144 valence electrons. The van der Waals surface area contributed by atoms with Gasteiger partial charge in [-0.15, -0.1) is 5.10 Å². The third-order valence-electron chi connectivity index (χ3n) is 5.25. The zero-order chi connectivity index (χ0) is 18.4. The summed E-state index contributed by atoms with van der Waals surface area (Å²) >= 11 is 0. The first-order chi connectivity index (χ1) is 12.7. The lowest BCUT2D eigenvalue weighted by Crippen LogP contribution is -2.40. The zero-order valence-electron chi connectivity index (χ0n) is 15.6. The molecular formula is C18H29N5O3. The molecule has 0 N–H and O–H groups in total. The Morgan fingerprint density at radius 2 is 1.85 bits per heavy atom. The van der Waals surface area contributed by atoms with E-state index < -0.39 is 0 Å². The first kappa shape index (κ1) is 18.8. The fraction of sp³-hybridized carbons (Fsp3) is 0.778. The lowest BCUT2D eigenvalue weighted by molar-refractivity contribution is -0.149. The third-order valence-corrected chi connectivity index (χ3v) is 5.25. The van der Waals surface area contributed by atoms with Gasteiger partial charge < -0.3 is 14.5 Å². The molecule has 0 saturated carbocycles. The van der Waals surface area contributed by atoms with E-state index in [4.69, 9.17) is 4.74 Å². The van der Waals surface area contributed by atoms with Gasteiger partial charge in [-0.2, -0.15) is 0 Å². The summed E-state index contributed by atoms with van der Waals surface area (Å²) in [4.78, 5) is 28.6. The van der Waals surface area contributed by atoms with E-state index >= 15 is 0 Å². The van der Waals surface area contributed by atoms with E-state index in [1.807, 2.05) is 6.92 Å². The molecule has 0 atom stereocenters. The van der Waals surface area contributed by atoms with Crippen LogP contribution in [0.2, 0.25) is 0 Å². The first-order valence-electron chi connectivity index (χ1n) is 9.75. The monoisotopic (exact) mass is 363 g/mol. The number of carbonyl (C=O) groups excluding carboxylic acids is 2. The van der Waals surface area contributed by atoms with E-state index in [-0.39, 0.29) is 17.8 Å². The van der Waals surface area contributed by atoms with Crippen LogP contribution in [-0.4, -0.2) is 76.0 Å². The molecule has 1 aromatic heterocycles. The molecule has 2 aliphatic rings. The molecule has 26 heavy (non-hydrogen) atoms. The van der Waals surface area contributed by atoms with E-state index in [0.29, 0.717) is 38.2 Å². The Bertz CT molecular complexity index is 604. The van der Waals surface area contributed by atoms with Crippen LogP contribution >= 0.6 is 0 Å². The highest BCUT2D eigenvalue weighted by molar-refractivity contribution is 5.92. The van der Waals surface area contributed by atoms with Crippen molar-refractivity contribution in [1.82, 2.24) is 24.8 Å². The fourth-order valence-electron chi connectivity index (χ4n) is 3.67. The Morgan fingerprint density at radius 3 is 2.54 bits per heavy atom. The summed E-state index contributed by atoms with van der Waals surface area (Å²) in [5, 5.41) is 8.15.